The van der Waals surface area contributed by atoms with Gasteiger partial charge in [-0.3, -0.25) is 4.18 Å². The average molecular weight is 512 g/mol. The lowest BCUT2D eigenvalue weighted by atomic mass is 9.76. The molecule has 3 fully saturated rings. The average Bonchev–Trinajstić information content (AvgIpc) is 2.88. The molecule has 1 aromatic carbocycles. The number of carbonyl (C=O) groups excluding carboxylic acids is 1. The van der Waals surface area contributed by atoms with Crippen LogP contribution in [0.3, 0.4) is 0 Å². The second kappa shape index (κ2) is 11.2. The van der Waals surface area contributed by atoms with Crippen molar-refractivity contribution in [2.75, 3.05) is 6.61 Å². The molecule has 0 aromatic heterocycles. The van der Waals surface area contributed by atoms with Gasteiger partial charge in [-0.25, -0.2) is 0 Å². The number of carboxylic acid groups (broad SMARTS) is 1. The predicted octanol–water partition coefficient (Wildman–Crippen LogP) is 5.92. The maximum absolute atomic E-state index is 13.8. The zero-order chi connectivity index (χ0) is 25.1. The third-order valence-corrected chi connectivity index (χ3v) is 9.68. The molecule has 0 aliphatic heterocycles. The Morgan fingerprint density at radius 1 is 0.800 bits per heavy atom. The maximum atomic E-state index is 13.8. The number of carboxylic acids is 1. The van der Waals surface area contributed by atoms with E-state index in [1.165, 1.54) is 12.0 Å². The van der Waals surface area contributed by atoms with Gasteiger partial charge < -0.3 is 9.90 Å². The van der Waals surface area contributed by atoms with Crippen LogP contribution in [0.15, 0.2) is 17.0 Å². The van der Waals surface area contributed by atoms with Gasteiger partial charge in [0, 0.05) is 0 Å². The lowest BCUT2D eigenvalue weighted by molar-refractivity contribution is -0.330. The van der Waals surface area contributed by atoms with Crippen molar-refractivity contribution in [1.82, 2.24) is 0 Å². The Kier molecular flexibility index (Phi) is 8.52. The fourth-order valence-electron chi connectivity index (χ4n) is 6.36. The van der Waals surface area contributed by atoms with Crippen LogP contribution in [0, 0.1) is 0 Å². The smallest absolute Gasteiger partial charge is 0.311 e. The SMILES string of the molecule is O=C([O-])C(F)(F)COS(=O)(=O)c1c(C2CCCCC2)cc(C2CCCCC2)cc1C1CCCCC1. The highest BCUT2D eigenvalue weighted by Crippen LogP contribution is 2.46. The predicted molar refractivity (Wildman–Crippen MR) is 127 cm³/mol. The second-order valence-corrected chi connectivity index (χ2v) is 12.3. The molecule has 5 nitrogen and oxygen atoms in total. The number of aliphatic carboxylic acids is 1. The fourth-order valence-corrected chi connectivity index (χ4v) is 7.81. The number of hydrogen-bond donors (Lipinski definition) is 0. The van der Waals surface area contributed by atoms with E-state index in [1.54, 1.807) is 0 Å². The minimum Gasteiger partial charge on any atom is -0.544 e. The summed E-state index contributed by atoms with van der Waals surface area (Å²) in [5.74, 6) is -6.58. The highest BCUT2D eigenvalue weighted by atomic mass is 32.2. The van der Waals surface area contributed by atoms with Crippen molar-refractivity contribution in [3.8, 4) is 0 Å². The Bertz CT molecular complexity index is 950. The summed E-state index contributed by atoms with van der Waals surface area (Å²) >= 11 is 0. The van der Waals surface area contributed by atoms with Crippen LogP contribution in [0.25, 0.3) is 0 Å². The van der Waals surface area contributed by atoms with E-state index < -0.39 is 28.6 Å². The first-order valence-electron chi connectivity index (χ1n) is 13.4. The van der Waals surface area contributed by atoms with E-state index in [0.717, 1.165) is 89.9 Å². The molecule has 196 valence electrons. The van der Waals surface area contributed by atoms with E-state index in [1.807, 2.05) is 12.1 Å². The molecule has 3 aliphatic rings. The number of hydrogen-bond acceptors (Lipinski definition) is 5. The number of halogens is 2. The van der Waals surface area contributed by atoms with Crippen molar-refractivity contribution >= 4 is 16.1 Å². The largest absolute Gasteiger partial charge is 0.544 e. The van der Waals surface area contributed by atoms with Gasteiger partial charge in [0.1, 0.15) is 17.5 Å². The van der Waals surface area contributed by atoms with Crippen LogP contribution in [0.5, 0.6) is 0 Å². The number of rotatable bonds is 8. The summed E-state index contributed by atoms with van der Waals surface area (Å²) < 4.78 is 59.4. The summed E-state index contributed by atoms with van der Waals surface area (Å²) in [5.41, 5.74) is 2.57. The number of benzene rings is 1. The Labute approximate surface area is 207 Å². The molecule has 0 bridgehead atoms. The molecule has 0 amide bonds. The van der Waals surface area contributed by atoms with Gasteiger partial charge in [0.2, 0.25) is 0 Å². The minimum absolute atomic E-state index is 0.0321. The third kappa shape index (κ3) is 6.24. The first kappa shape index (κ1) is 26.5. The third-order valence-electron chi connectivity index (χ3n) is 8.28. The van der Waals surface area contributed by atoms with Gasteiger partial charge in [0.15, 0.2) is 0 Å². The van der Waals surface area contributed by atoms with Gasteiger partial charge in [0.05, 0.1) is 0 Å². The van der Waals surface area contributed by atoms with Crippen molar-refractivity contribution in [3.05, 3.63) is 28.8 Å². The molecule has 8 heteroatoms. The topological polar surface area (TPSA) is 83.5 Å². The highest BCUT2D eigenvalue weighted by Gasteiger charge is 2.38. The normalized spacial score (nSPS) is 21.8. The molecule has 0 radical (unpaired) electrons. The van der Waals surface area contributed by atoms with Crippen LogP contribution >= 0.6 is 0 Å². The molecular formula is C27H37F2O5S-. The van der Waals surface area contributed by atoms with Gasteiger partial charge in [-0.1, -0.05) is 69.9 Å². The molecule has 0 atom stereocenters. The van der Waals surface area contributed by atoms with Crippen LogP contribution in [0.4, 0.5) is 8.78 Å². The molecule has 0 heterocycles. The maximum Gasteiger partial charge on any atom is 0.311 e. The quantitative estimate of drug-likeness (QED) is 0.405. The molecule has 3 aliphatic carbocycles. The fraction of sp³-hybridized carbons (Fsp3) is 0.741. The van der Waals surface area contributed by atoms with Crippen LogP contribution in [-0.4, -0.2) is 26.9 Å². The van der Waals surface area contributed by atoms with Gasteiger partial charge in [-0.15, -0.1) is 0 Å². The summed E-state index contributed by atoms with van der Waals surface area (Å²) in [5, 5.41) is 10.8. The molecule has 0 N–H and O–H groups in total. The van der Waals surface area contributed by atoms with E-state index in [0.29, 0.717) is 17.0 Å². The monoisotopic (exact) mass is 511 g/mol. The first-order chi connectivity index (χ1) is 16.7. The molecule has 3 saturated carbocycles. The van der Waals surface area contributed by atoms with Crippen LogP contribution in [-0.2, 0) is 19.1 Å². The van der Waals surface area contributed by atoms with E-state index in [9.17, 15) is 27.1 Å². The van der Waals surface area contributed by atoms with Crippen molar-refractivity contribution in [2.24, 2.45) is 0 Å². The summed E-state index contributed by atoms with van der Waals surface area (Å²) in [7, 11) is -4.61. The van der Waals surface area contributed by atoms with Gasteiger partial charge in [-0.05, 0) is 73.0 Å². The number of carbonyl (C=O) groups is 1. The highest BCUT2D eigenvalue weighted by molar-refractivity contribution is 7.86. The summed E-state index contributed by atoms with van der Waals surface area (Å²) in [6.45, 7) is -1.75. The van der Waals surface area contributed by atoms with Crippen molar-refractivity contribution in [2.45, 2.75) is 125 Å². The van der Waals surface area contributed by atoms with Crippen LogP contribution in [0.1, 0.15) is 131 Å². The second-order valence-electron chi connectivity index (χ2n) is 10.7. The van der Waals surface area contributed by atoms with Gasteiger partial charge in [0.25, 0.3) is 10.1 Å². The van der Waals surface area contributed by atoms with Gasteiger partial charge in [-0.2, -0.15) is 17.2 Å². The zero-order valence-electron chi connectivity index (χ0n) is 20.4. The van der Waals surface area contributed by atoms with Crippen LogP contribution in [0.2, 0.25) is 0 Å². The van der Waals surface area contributed by atoms with E-state index in [4.69, 9.17) is 4.18 Å². The Balaban J connectivity index is 1.82. The van der Waals surface area contributed by atoms with E-state index in [-0.39, 0.29) is 16.7 Å². The Morgan fingerprint density at radius 2 is 1.20 bits per heavy atom. The lowest BCUT2D eigenvalue weighted by Gasteiger charge is -2.32. The number of alkyl halides is 2. The van der Waals surface area contributed by atoms with E-state index >= 15 is 0 Å². The summed E-state index contributed by atoms with van der Waals surface area (Å²) in [6.07, 6.45) is 15.3. The molecule has 0 spiro atoms. The lowest BCUT2D eigenvalue weighted by Crippen LogP contribution is -2.45. The van der Waals surface area contributed by atoms with Crippen LogP contribution < -0.4 is 5.11 Å². The molecule has 4 rings (SSSR count). The minimum atomic E-state index is -4.61. The van der Waals surface area contributed by atoms with Gasteiger partial charge >= 0.3 is 5.92 Å². The first-order valence-corrected chi connectivity index (χ1v) is 14.8. The molecule has 35 heavy (non-hydrogen) atoms. The standard InChI is InChI=1S/C27H38F2O5S/c28-27(29,26(30)31)18-34-35(32,33)25-23(20-12-6-2-7-13-20)16-22(19-10-4-1-5-11-19)17-24(25)21-14-8-3-9-15-21/h16-17,19-21H,1-15,18H2,(H,30,31)/p-1. The zero-order valence-corrected chi connectivity index (χ0v) is 21.2. The van der Waals surface area contributed by atoms with E-state index in [2.05, 4.69) is 0 Å². The van der Waals surface area contributed by atoms with Crippen molar-refractivity contribution in [1.29, 1.82) is 0 Å². The van der Waals surface area contributed by atoms with Crippen molar-refractivity contribution in [3.63, 3.8) is 0 Å². The summed E-state index contributed by atoms with van der Waals surface area (Å²) in [6, 6.07) is 4.04. The summed E-state index contributed by atoms with van der Waals surface area (Å²) in [4.78, 5) is 10.8. The van der Waals surface area contributed by atoms with Crippen molar-refractivity contribution < 1.29 is 31.3 Å². The molecule has 0 saturated heterocycles. The Hall–Kier alpha value is -1.54. The molecular weight excluding hydrogens is 474 g/mol. The Morgan fingerprint density at radius 3 is 1.60 bits per heavy atom. The molecule has 1 aromatic rings. The molecule has 0 unspecified atom stereocenters.